The van der Waals surface area contributed by atoms with Gasteiger partial charge in [-0.05, 0) is 18.4 Å². The number of sulfonamides is 1. The number of rotatable bonds is 8. The lowest BCUT2D eigenvalue weighted by atomic mass is 10.0. The van der Waals surface area contributed by atoms with E-state index in [2.05, 4.69) is 9.71 Å². The fraction of sp³-hybridized carbons (Fsp3) is 0.538. The standard InChI is InChI=1S/C13H18N2O5S/c1-20-11-4-5-14-12(7-11)21(18,19)15-8-10(13(16)17)6-9-2-3-9/h4-5,7,9-10,15H,2-3,6,8H2,1H3,(H,16,17). The Bertz CT molecular complexity index is 613. The van der Waals surface area contributed by atoms with Crippen LogP contribution in [0.2, 0.25) is 0 Å². The maximum Gasteiger partial charge on any atom is 0.307 e. The van der Waals surface area contributed by atoms with Crippen LogP contribution in [-0.2, 0) is 14.8 Å². The van der Waals surface area contributed by atoms with Gasteiger partial charge in [-0.2, -0.15) is 0 Å². The normalized spacial score (nSPS) is 16.4. The highest BCUT2D eigenvalue weighted by Gasteiger charge is 2.30. The topological polar surface area (TPSA) is 106 Å². The molecule has 7 nitrogen and oxygen atoms in total. The molecule has 0 bridgehead atoms. The Morgan fingerprint density at radius 1 is 1.57 bits per heavy atom. The molecule has 0 saturated heterocycles. The number of carboxylic acids is 1. The van der Waals surface area contributed by atoms with Gasteiger partial charge in [-0.15, -0.1) is 0 Å². The maximum atomic E-state index is 12.1. The molecule has 116 valence electrons. The Kier molecular flexibility index (Phi) is 4.79. The largest absolute Gasteiger partial charge is 0.497 e. The smallest absolute Gasteiger partial charge is 0.307 e. The number of pyridine rings is 1. The third-order valence-electron chi connectivity index (χ3n) is 3.40. The zero-order valence-electron chi connectivity index (χ0n) is 11.7. The van der Waals surface area contributed by atoms with Crippen molar-refractivity contribution in [3.63, 3.8) is 0 Å². The highest BCUT2D eigenvalue weighted by molar-refractivity contribution is 7.89. The molecule has 0 amide bonds. The van der Waals surface area contributed by atoms with Crippen molar-refractivity contribution in [1.29, 1.82) is 0 Å². The first-order valence-corrected chi connectivity index (χ1v) is 8.13. The number of nitrogens with zero attached hydrogens (tertiary/aromatic N) is 1. The number of aliphatic carboxylic acids is 1. The molecule has 1 aromatic heterocycles. The van der Waals surface area contributed by atoms with Gasteiger partial charge in [0, 0.05) is 18.8 Å². The molecule has 0 radical (unpaired) electrons. The first-order valence-electron chi connectivity index (χ1n) is 6.65. The zero-order valence-corrected chi connectivity index (χ0v) is 12.5. The van der Waals surface area contributed by atoms with E-state index in [4.69, 9.17) is 9.84 Å². The molecule has 21 heavy (non-hydrogen) atoms. The molecule has 1 heterocycles. The average molecular weight is 314 g/mol. The monoisotopic (exact) mass is 314 g/mol. The Labute approximate surface area is 123 Å². The van der Waals surface area contributed by atoms with E-state index in [9.17, 15) is 13.2 Å². The number of carboxylic acid groups (broad SMARTS) is 1. The number of aromatic nitrogens is 1. The lowest BCUT2D eigenvalue weighted by Crippen LogP contribution is -2.33. The van der Waals surface area contributed by atoms with Crippen molar-refractivity contribution < 1.29 is 23.1 Å². The van der Waals surface area contributed by atoms with Crippen molar-refractivity contribution in [3.05, 3.63) is 18.3 Å². The van der Waals surface area contributed by atoms with Crippen molar-refractivity contribution in [2.24, 2.45) is 11.8 Å². The molecule has 1 saturated carbocycles. The zero-order chi connectivity index (χ0) is 15.5. The number of nitrogens with one attached hydrogen (secondary N) is 1. The van der Waals surface area contributed by atoms with Gasteiger partial charge in [0.1, 0.15) is 5.75 Å². The first kappa shape index (κ1) is 15.7. The summed E-state index contributed by atoms with van der Waals surface area (Å²) in [6.45, 7) is -0.132. The second kappa shape index (κ2) is 6.40. The summed E-state index contributed by atoms with van der Waals surface area (Å²) in [7, 11) is -2.42. The summed E-state index contributed by atoms with van der Waals surface area (Å²) in [6.07, 6.45) is 3.87. The van der Waals surface area contributed by atoms with Crippen LogP contribution in [-0.4, -0.2) is 38.1 Å². The number of ether oxygens (including phenoxy) is 1. The summed E-state index contributed by atoms with van der Waals surface area (Å²) in [5.74, 6) is -0.912. The average Bonchev–Trinajstić information content (AvgIpc) is 3.27. The second-order valence-corrected chi connectivity index (χ2v) is 6.81. The van der Waals surface area contributed by atoms with Crippen LogP contribution in [0.25, 0.3) is 0 Å². The Morgan fingerprint density at radius 2 is 2.29 bits per heavy atom. The van der Waals surface area contributed by atoms with Crippen LogP contribution in [0.4, 0.5) is 0 Å². The molecule has 1 aliphatic carbocycles. The van der Waals surface area contributed by atoms with Crippen molar-refractivity contribution in [2.75, 3.05) is 13.7 Å². The van der Waals surface area contributed by atoms with Crippen LogP contribution in [0, 0.1) is 11.8 Å². The molecule has 0 aliphatic heterocycles. The SMILES string of the molecule is COc1ccnc(S(=O)(=O)NCC(CC2CC2)C(=O)O)c1. The van der Waals surface area contributed by atoms with Gasteiger partial charge in [0.15, 0.2) is 5.03 Å². The van der Waals surface area contributed by atoms with Crippen molar-refractivity contribution in [3.8, 4) is 5.75 Å². The van der Waals surface area contributed by atoms with Crippen LogP contribution < -0.4 is 9.46 Å². The number of hydrogen-bond donors (Lipinski definition) is 2. The molecule has 1 aromatic rings. The van der Waals surface area contributed by atoms with Crippen molar-refractivity contribution in [2.45, 2.75) is 24.3 Å². The van der Waals surface area contributed by atoms with E-state index in [1.807, 2.05) is 0 Å². The van der Waals surface area contributed by atoms with Gasteiger partial charge in [-0.3, -0.25) is 4.79 Å². The fourth-order valence-corrected chi connectivity index (χ4v) is 3.02. The van der Waals surface area contributed by atoms with E-state index in [0.717, 1.165) is 12.8 Å². The molecular weight excluding hydrogens is 296 g/mol. The molecule has 1 aliphatic rings. The van der Waals surface area contributed by atoms with E-state index >= 15 is 0 Å². The van der Waals surface area contributed by atoms with Crippen LogP contribution in [0.5, 0.6) is 5.75 Å². The molecule has 2 N–H and O–H groups in total. The summed E-state index contributed by atoms with van der Waals surface area (Å²) < 4.78 is 31.5. The van der Waals surface area contributed by atoms with Gasteiger partial charge >= 0.3 is 5.97 Å². The molecule has 0 aromatic carbocycles. The lowest BCUT2D eigenvalue weighted by Gasteiger charge is -2.13. The van der Waals surface area contributed by atoms with E-state index < -0.39 is 21.9 Å². The minimum atomic E-state index is -3.84. The van der Waals surface area contributed by atoms with Gasteiger partial charge in [0.05, 0.1) is 13.0 Å². The van der Waals surface area contributed by atoms with Gasteiger partial charge < -0.3 is 9.84 Å². The summed E-state index contributed by atoms with van der Waals surface area (Å²) in [6, 6.07) is 2.82. The summed E-state index contributed by atoms with van der Waals surface area (Å²) in [5, 5.41) is 8.95. The molecule has 8 heteroatoms. The molecule has 0 spiro atoms. The van der Waals surface area contributed by atoms with Crippen LogP contribution in [0.15, 0.2) is 23.4 Å². The summed E-state index contributed by atoms with van der Waals surface area (Å²) >= 11 is 0. The highest BCUT2D eigenvalue weighted by atomic mass is 32.2. The van der Waals surface area contributed by atoms with Gasteiger partial charge in [0.25, 0.3) is 10.0 Å². The fourth-order valence-electron chi connectivity index (χ4n) is 1.98. The van der Waals surface area contributed by atoms with Crippen LogP contribution >= 0.6 is 0 Å². The summed E-state index contributed by atoms with van der Waals surface area (Å²) in [4.78, 5) is 14.9. The third kappa shape index (κ3) is 4.40. The van der Waals surface area contributed by atoms with Crippen LogP contribution in [0.1, 0.15) is 19.3 Å². The molecule has 1 unspecified atom stereocenters. The Hall–Kier alpha value is -1.67. The Balaban J connectivity index is 2.03. The quantitative estimate of drug-likeness (QED) is 0.737. The number of methoxy groups -OCH3 is 1. The lowest BCUT2D eigenvalue weighted by molar-refractivity contribution is -0.141. The van der Waals surface area contributed by atoms with Crippen molar-refractivity contribution >= 4 is 16.0 Å². The van der Waals surface area contributed by atoms with Gasteiger partial charge in [0.2, 0.25) is 0 Å². The highest BCUT2D eigenvalue weighted by Crippen LogP contribution is 2.35. The van der Waals surface area contributed by atoms with Crippen molar-refractivity contribution in [1.82, 2.24) is 9.71 Å². The molecule has 2 rings (SSSR count). The molecule has 1 fully saturated rings. The minimum Gasteiger partial charge on any atom is -0.497 e. The minimum absolute atomic E-state index is 0.132. The first-order chi connectivity index (χ1) is 9.92. The van der Waals surface area contributed by atoms with Gasteiger partial charge in [-0.25, -0.2) is 18.1 Å². The summed E-state index contributed by atoms with van der Waals surface area (Å²) in [5.41, 5.74) is 0. The predicted molar refractivity (Wildman–Crippen MR) is 74.4 cm³/mol. The predicted octanol–water partition coefficient (Wildman–Crippen LogP) is 0.869. The molecular formula is C13H18N2O5S. The van der Waals surface area contributed by atoms with Crippen LogP contribution in [0.3, 0.4) is 0 Å². The number of carbonyl (C=O) groups is 1. The second-order valence-electron chi connectivity index (χ2n) is 5.10. The number of hydrogen-bond acceptors (Lipinski definition) is 5. The van der Waals surface area contributed by atoms with E-state index in [1.54, 1.807) is 0 Å². The maximum absolute atomic E-state index is 12.1. The Morgan fingerprint density at radius 3 is 2.86 bits per heavy atom. The van der Waals surface area contributed by atoms with E-state index in [-0.39, 0.29) is 11.6 Å². The van der Waals surface area contributed by atoms with E-state index in [0.29, 0.717) is 18.1 Å². The van der Waals surface area contributed by atoms with E-state index in [1.165, 1.54) is 25.4 Å². The molecule has 1 atom stereocenters. The van der Waals surface area contributed by atoms with Gasteiger partial charge in [-0.1, -0.05) is 12.8 Å². The third-order valence-corrected chi connectivity index (χ3v) is 4.72.